The van der Waals surface area contributed by atoms with Crippen LogP contribution in [-0.4, -0.2) is 31.8 Å². The van der Waals surface area contributed by atoms with Crippen LogP contribution in [-0.2, 0) is 10.3 Å². The number of aromatic nitrogens is 3. The molecule has 1 aromatic rings. The molecule has 0 aromatic carbocycles. The van der Waals surface area contributed by atoms with Crippen LogP contribution in [0, 0.1) is 6.92 Å². The smallest absolute Gasteiger partial charge is 0.329 e. The molecule has 0 spiro atoms. The molecule has 2 fully saturated rings. The normalized spacial score (nSPS) is 24.6. The molecule has 0 amide bonds. The fourth-order valence-electron chi connectivity index (χ4n) is 2.67. The van der Waals surface area contributed by atoms with Crippen molar-refractivity contribution in [3.8, 4) is 0 Å². The lowest BCUT2D eigenvalue weighted by atomic mass is 9.80. The minimum atomic E-state index is -2.64. The van der Waals surface area contributed by atoms with Gasteiger partial charge in [-0.25, -0.2) is 13.6 Å². The number of carboxylic acids is 1. The number of carboxylic acid groups (broad SMARTS) is 1. The maximum Gasteiger partial charge on any atom is 0.329 e. The third-order valence-electron chi connectivity index (χ3n) is 3.85. The van der Waals surface area contributed by atoms with Crippen LogP contribution in [0.15, 0.2) is 0 Å². The predicted octanol–water partition coefficient (Wildman–Crippen LogP) is 1.67. The van der Waals surface area contributed by atoms with Gasteiger partial charge in [-0.05, 0) is 19.8 Å². The quantitative estimate of drug-likeness (QED) is 0.894. The molecule has 0 aliphatic heterocycles. The zero-order valence-corrected chi connectivity index (χ0v) is 9.86. The van der Waals surface area contributed by atoms with Gasteiger partial charge in [-0.3, -0.25) is 4.57 Å². The average Bonchev–Trinajstić information content (AvgIpc) is 2.94. The van der Waals surface area contributed by atoms with Crippen LogP contribution < -0.4 is 0 Å². The highest BCUT2D eigenvalue weighted by molar-refractivity contribution is 5.80. The minimum absolute atomic E-state index is 0.263. The van der Waals surface area contributed by atoms with E-state index in [0.717, 1.165) is 0 Å². The van der Waals surface area contributed by atoms with E-state index in [1.54, 1.807) is 11.5 Å². The summed E-state index contributed by atoms with van der Waals surface area (Å²) in [6.07, 6.45) is 0.496. The summed E-state index contributed by atoms with van der Waals surface area (Å²) in [5.74, 6) is -3.07. The van der Waals surface area contributed by atoms with Crippen LogP contribution in [0.2, 0.25) is 0 Å². The fraction of sp³-hybridized carbons (Fsp3) is 0.727. The third kappa shape index (κ3) is 1.46. The first kappa shape index (κ1) is 11.6. The van der Waals surface area contributed by atoms with Gasteiger partial charge < -0.3 is 5.11 Å². The molecule has 1 heterocycles. The van der Waals surface area contributed by atoms with Crippen LogP contribution in [0.3, 0.4) is 0 Å². The number of nitrogens with zero attached hydrogens (tertiary/aromatic N) is 3. The molecule has 7 heteroatoms. The Hall–Kier alpha value is -1.53. The topological polar surface area (TPSA) is 68.0 Å². The second-order valence-corrected chi connectivity index (χ2v) is 5.24. The number of aliphatic carboxylic acids is 1. The van der Waals surface area contributed by atoms with Crippen molar-refractivity contribution in [2.75, 3.05) is 0 Å². The maximum absolute atomic E-state index is 12.9. The van der Waals surface area contributed by atoms with Crippen molar-refractivity contribution < 1.29 is 18.7 Å². The molecule has 18 heavy (non-hydrogen) atoms. The van der Waals surface area contributed by atoms with Gasteiger partial charge in [0, 0.05) is 18.8 Å². The van der Waals surface area contributed by atoms with Gasteiger partial charge in [0.05, 0.1) is 0 Å². The van der Waals surface area contributed by atoms with Gasteiger partial charge >= 0.3 is 5.97 Å². The molecular weight excluding hydrogens is 244 g/mol. The Bertz CT molecular complexity index is 514. The number of aryl methyl sites for hydroxylation is 1. The molecular formula is C11H13F2N3O2. The molecule has 1 N–H and O–H groups in total. The molecule has 2 aliphatic rings. The van der Waals surface area contributed by atoms with Crippen LogP contribution in [0.5, 0.6) is 0 Å². The number of halogens is 2. The second-order valence-electron chi connectivity index (χ2n) is 5.24. The van der Waals surface area contributed by atoms with E-state index in [1.165, 1.54) is 0 Å². The molecule has 0 saturated heterocycles. The second kappa shape index (κ2) is 3.27. The summed E-state index contributed by atoms with van der Waals surface area (Å²) >= 11 is 0. The van der Waals surface area contributed by atoms with Crippen molar-refractivity contribution in [2.45, 2.75) is 50.0 Å². The number of rotatable bonds is 3. The summed E-state index contributed by atoms with van der Waals surface area (Å²) in [5.41, 5.74) is -0.992. The zero-order chi connectivity index (χ0) is 13.1. The Morgan fingerprint density at radius 2 is 2.00 bits per heavy atom. The zero-order valence-electron chi connectivity index (χ0n) is 9.86. The van der Waals surface area contributed by atoms with E-state index in [9.17, 15) is 18.7 Å². The van der Waals surface area contributed by atoms with E-state index in [2.05, 4.69) is 10.2 Å². The number of hydrogen-bond acceptors (Lipinski definition) is 3. The molecule has 5 nitrogen and oxygen atoms in total. The van der Waals surface area contributed by atoms with Crippen LogP contribution in [0.4, 0.5) is 8.78 Å². The van der Waals surface area contributed by atoms with Gasteiger partial charge in [0.15, 0.2) is 0 Å². The van der Waals surface area contributed by atoms with Gasteiger partial charge in [0.2, 0.25) is 5.92 Å². The van der Waals surface area contributed by atoms with Gasteiger partial charge in [0.1, 0.15) is 17.2 Å². The summed E-state index contributed by atoms with van der Waals surface area (Å²) < 4.78 is 27.4. The molecule has 2 aliphatic carbocycles. The Kier molecular flexibility index (Phi) is 2.10. The highest BCUT2D eigenvalue weighted by Gasteiger charge is 2.56. The van der Waals surface area contributed by atoms with E-state index < -0.39 is 17.4 Å². The van der Waals surface area contributed by atoms with Gasteiger partial charge in [0.25, 0.3) is 0 Å². The Morgan fingerprint density at radius 1 is 1.39 bits per heavy atom. The van der Waals surface area contributed by atoms with E-state index >= 15 is 0 Å². The molecule has 1 aromatic heterocycles. The molecule has 0 atom stereocenters. The largest absolute Gasteiger partial charge is 0.479 e. The Balaban J connectivity index is 1.96. The number of hydrogen-bond donors (Lipinski definition) is 1. The molecule has 3 rings (SSSR count). The minimum Gasteiger partial charge on any atom is -0.479 e. The maximum atomic E-state index is 12.9. The monoisotopic (exact) mass is 257 g/mol. The standard InChI is InChI=1S/C11H13F2N3O2/c1-6-14-15-8(7-4-11(12,13)5-7)16(6)10(2-3-10)9(17)18/h7H,2-5H2,1H3,(H,17,18). The first-order valence-corrected chi connectivity index (χ1v) is 5.89. The van der Waals surface area contributed by atoms with Crippen molar-refractivity contribution in [1.82, 2.24) is 14.8 Å². The van der Waals surface area contributed by atoms with Crippen LogP contribution in [0.25, 0.3) is 0 Å². The number of carbonyl (C=O) groups is 1. The van der Waals surface area contributed by atoms with Crippen molar-refractivity contribution >= 4 is 5.97 Å². The van der Waals surface area contributed by atoms with Gasteiger partial charge in [-0.15, -0.1) is 10.2 Å². The molecule has 98 valence electrons. The van der Waals surface area contributed by atoms with Gasteiger partial charge in [-0.2, -0.15) is 0 Å². The number of alkyl halides is 2. The van der Waals surface area contributed by atoms with E-state index in [0.29, 0.717) is 24.5 Å². The van der Waals surface area contributed by atoms with E-state index in [4.69, 9.17) is 0 Å². The van der Waals surface area contributed by atoms with E-state index in [1.807, 2.05) is 0 Å². The van der Waals surface area contributed by atoms with Crippen molar-refractivity contribution in [3.05, 3.63) is 11.6 Å². The summed E-state index contributed by atoms with van der Waals surface area (Å²) in [5, 5.41) is 17.0. The molecule has 0 unspecified atom stereocenters. The summed E-state index contributed by atoms with van der Waals surface area (Å²) in [7, 11) is 0. The average molecular weight is 257 g/mol. The Labute approximate surface area is 102 Å². The van der Waals surface area contributed by atoms with Crippen molar-refractivity contribution in [1.29, 1.82) is 0 Å². The summed E-state index contributed by atoms with van der Waals surface area (Å²) in [4.78, 5) is 11.3. The lowest BCUT2D eigenvalue weighted by Gasteiger charge is -2.35. The first-order chi connectivity index (χ1) is 8.36. The SMILES string of the molecule is Cc1nnc(C2CC(F)(F)C2)n1C1(C(=O)O)CC1. The van der Waals surface area contributed by atoms with Crippen molar-refractivity contribution in [3.63, 3.8) is 0 Å². The molecule has 2 saturated carbocycles. The van der Waals surface area contributed by atoms with Crippen LogP contribution in [0.1, 0.15) is 43.3 Å². The molecule has 0 radical (unpaired) electrons. The van der Waals surface area contributed by atoms with E-state index in [-0.39, 0.29) is 18.8 Å². The predicted molar refractivity (Wildman–Crippen MR) is 56.5 cm³/mol. The highest BCUT2D eigenvalue weighted by atomic mass is 19.3. The third-order valence-corrected chi connectivity index (χ3v) is 3.85. The van der Waals surface area contributed by atoms with Crippen LogP contribution >= 0.6 is 0 Å². The Morgan fingerprint density at radius 3 is 2.44 bits per heavy atom. The van der Waals surface area contributed by atoms with Gasteiger partial charge in [-0.1, -0.05) is 0 Å². The van der Waals surface area contributed by atoms with Crippen molar-refractivity contribution in [2.24, 2.45) is 0 Å². The lowest BCUT2D eigenvalue weighted by molar-refractivity contribution is -0.142. The highest BCUT2D eigenvalue weighted by Crippen LogP contribution is 2.51. The lowest BCUT2D eigenvalue weighted by Crippen LogP contribution is -2.38. The summed E-state index contributed by atoms with van der Waals surface area (Å²) in [6.45, 7) is 1.66. The summed E-state index contributed by atoms with van der Waals surface area (Å²) in [6, 6.07) is 0. The first-order valence-electron chi connectivity index (χ1n) is 5.89. The fourth-order valence-corrected chi connectivity index (χ4v) is 2.67. The molecule has 0 bridgehead atoms.